The number of para-hydroxylation sites is 2. The molecule has 0 aliphatic heterocycles. The Kier molecular flexibility index (Phi) is 4.71. The van der Waals surface area contributed by atoms with E-state index in [9.17, 15) is 14.4 Å². The smallest absolute Gasteiger partial charge is 0.349 e. The first kappa shape index (κ1) is 17.7. The molecule has 9 nitrogen and oxygen atoms in total. The number of nitrogens with one attached hydrogen (secondary N) is 2. The molecule has 2 N–H and O–H groups in total. The van der Waals surface area contributed by atoms with Crippen LogP contribution >= 0.6 is 0 Å². The molecule has 2 amide bonds. The van der Waals surface area contributed by atoms with E-state index in [-0.39, 0.29) is 18.5 Å². The molecule has 4 rings (SSSR count). The third-order valence-electron chi connectivity index (χ3n) is 4.29. The SMILES string of the molecule is O=C(Cn1nnn(-c2ccccc2)c1=O)Nc1ccccc1C(=O)NC1CC1. The van der Waals surface area contributed by atoms with Gasteiger partial charge in [0.05, 0.1) is 16.9 Å². The van der Waals surface area contributed by atoms with Crippen molar-refractivity contribution in [3.05, 3.63) is 70.6 Å². The van der Waals surface area contributed by atoms with E-state index in [0.29, 0.717) is 16.9 Å². The van der Waals surface area contributed by atoms with Gasteiger partial charge in [0.1, 0.15) is 6.54 Å². The van der Waals surface area contributed by atoms with Crippen LogP contribution in [0.5, 0.6) is 0 Å². The molecule has 0 unspecified atom stereocenters. The average Bonchev–Trinajstić information content (AvgIpc) is 3.45. The van der Waals surface area contributed by atoms with Gasteiger partial charge in [-0.05, 0) is 47.5 Å². The lowest BCUT2D eigenvalue weighted by atomic mass is 10.1. The van der Waals surface area contributed by atoms with Crippen LogP contribution in [0.25, 0.3) is 5.69 Å². The van der Waals surface area contributed by atoms with Crippen molar-refractivity contribution in [3.8, 4) is 5.69 Å². The number of aromatic nitrogens is 4. The monoisotopic (exact) mass is 378 g/mol. The lowest BCUT2D eigenvalue weighted by Crippen LogP contribution is -2.31. The molecule has 0 bridgehead atoms. The van der Waals surface area contributed by atoms with Crippen molar-refractivity contribution in [1.82, 2.24) is 25.1 Å². The number of hydrogen-bond acceptors (Lipinski definition) is 5. The molecule has 142 valence electrons. The van der Waals surface area contributed by atoms with Gasteiger partial charge >= 0.3 is 5.69 Å². The van der Waals surface area contributed by atoms with Gasteiger partial charge in [0.25, 0.3) is 5.91 Å². The van der Waals surface area contributed by atoms with Crippen LogP contribution in [0.4, 0.5) is 5.69 Å². The zero-order valence-electron chi connectivity index (χ0n) is 14.9. The normalized spacial score (nSPS) is 13.1. The molecule has 1 saturated carbocycles. The Hall–Kier alpha value is -3.75. The summed E-state index contributed by atoms with van der Waals surface area (Å²) in [6.45, 7) is -0.315. The molecule has 1 fully saturated rings. The van der Waals surface area contributed by atoms with Crippen molar-refractivity contribution in [1.29, 1.82) is 0 Å². The van der Waals surface area contributed by atoms with Crippen LogP contribution in [-0.4, -0.2) is 37.6 Å². The largest absolute Gasteiger partial charge is 0.368 e. The highest BCUT2D eigenvalue weighted by Gasteiger charge is 2.25. The second-order valence-electron chi connectivity index (χ2n) is 6.51. The maximum Gasteiger partial charge on any atom is 0.368 e. The van der Waals surface area contributed by atoms with E-state index in [4.69, 9.17) is 0 Å². The van der Waals surface area contributed by atoms with Crippen LogP contribution in [0.2, 0.25) is 0 Å². The predicted octanol–water partition coefficient (Wildman–Crippen LogP) is 0.960. The van der Waals surface area contributed by atoms with E-state index in [1.807, 2.05) is 6.07 Å². The fraction of sp³-hybridized carbons (Fsp3) is 0.211. The highest BCUT2D eigenvalue weighted by atomic mass is 16.2. The lowest BCUT2D eigenvalue weighted by molar-refractivity contribution is -0.117. The Morgan fingerprint density at radius 2 is 1.71 bits per heavy atom. The minimum absolute atomic E-state index is 0.211. The number of tetrazole rings is 1. The third kappa shape index (κ3) is 3.83. The third-order valence-corrected chi connectivity index (χ3v) is 4.29. The minimum Gasteiger partial charge on any atom is -0.349 e. The maximum absolute atomic E-state index is 12.4. The van der Waals surface area contributed by atoms with Gasteiger partial charge in [0.2, 0.25) is 5.91 Å². The van der Waals surface area contributed by atoms with E-state index in [0.717, 1.165) is 22.2 Å². The summed E-state index contributed by atoms with van der Waals surface area (Å²) in [5, 5.41) is 13.1. The Balaban J connectivity index is 1.48. The number of rotatable bonds is 6. The molecule has 0 saturated heterocycles. The molecule has 1 aromatic heterocycles. The van der Waals surface area contributed by atoms with Gasteiger partial charge in [0.15, 0.2) is 0 Å². The van der Waals surface area contributed by atoms with E-state index in [1.165, 1.54) is 0 Å². The van der Waals surface area contributed by atoms with Gasteiger partial charge in [-0.2, -0.15) is 9.36 Å². The Labute approximate surface area is 160 Å². The second kappa shape index (κ2) is 7.47. The van der Waals surface area contributed by atoms with Crippen LogP contribution in [0.15, 0.2) is 59.4 Å². The Morgan fingerprint density at radius 1 is 1.00 bits per heavy atom. The van der Waals surface area contributed by atoms with Crippen molar-refractivity contribution in [2.75, 3.05) is 5.32 Å². The molecule has 3 aromatic rings. The number of anilines is 1. The summed E-state index contributed by atoms with van der Waals surface area (Å²) in [5.74, 6) is -0.709. The number of amides is 2. The van der Waals surface area contributed by atoms with Gasteiger partial charge in [-0.3, -0.25) is 9.59 Å². The topological polar surface area (TPSA) is 111 Å². The molecule has 0 radical (unpaired) electrons. The zero-order valence-corrected chi connectivity index (χ0v) is 14.9. The first-order chi connectivity index (χ1) is 13.6. The summed E-state index contributed by atoms with van der Waals surface area (Å²) in [7, 11) is 0. The molecule has 1 heterocycles. The minimum atomic E-state index is -0.527. The summed E-state index contributed by atoms with van der Waals surface area (Å²) >= 11 is 0. The van der Waals surface area contributed by atoms with Crippen molar-refractivity contribution in [3.63, 3.8) is 0 Å². The van der Waals surface area contributed by atoms with E-state index >= 15 is 0 Å². The molecule has 9 heteroatoms. The predicted molar refractivity (Wildman–Crippen MR) is 101 cm³/mol. The first-order valence-corrected chi connectivity index (χ1v) is 8.90. The van der Waals surface area contributed by atoms with Crippen LogP contribution in [-0.2, 0) is 11.3 Å². The van der Waals surface area contributed by atoms with Gasteiger partial charge < -0.3 is 10.6 Å². The number of nitrogens with zero attached hydrogens (tertiary/aromatic N) is 4. The molecular weight excluding hydrogens is 360 g/mol. The van der Waals surface area contributed by atoms with Crippen molar-refractivity contribution in [2.24, 2.45) is 0 Å². The fourth-order valence-electron chi connectivity index (χ4n) is 2.71. The summed E-state index contributed by atoms with van der Waals surface area (Å²) in [6, 6.07) is 15.8. The number of benzene rings is 2. The van der Waals surface area contributed by atoms with Crippen molar-refractivity contribution >= 4 is 17.5 Å². The van der Waals surface area contributed by atoms with Crippen molar-refractivity contribution in [2.45, 2.75) is 25.4 Å². The Morgan fingerprint density at radius 3 is 2.46 bits per heavy atom. The summed E-state index contributed by atoms with van der Waals surface area (Å²) < 4.78 is 2.08. The molecule has 1 aliphatic carbocycles. The second-order valence-corrected chi connectivity index (χ2v) is 6.51. The van der Waals surface area contributed by atoms with Gasteiger partial charge in [0, 0.05) is 6.04 Å². The molecule has 2 aromatic carbocycles. The van der Waals surface area contributed by atoms with Crippen LogP contribution in [0.1, 0.15) is 23.2 Å². The van der Waals surface area contributed by atoms with Crippen LogP contribution in [0, 0.1) is 0 Å². The number of hydrogen-bond donors (Lipinski definition) is 2. The fourth-order valence-corrected chi connectivity index (χ4v) is 2.71. The molecule has 0 spiro atoms. The maximum atomic E-state index is 12.4. The summed E-state index contributed by atoms with van der Waals surface area (Å²) in [4.78, 5) is 37.2. The molecule has 1 aliphatic rings. The van der Waals surface area contributed by atoms with Gasteiger partial charge in [-0.15, -0.1) is 0 Å². The van der Waals surface area contributed by atoms with Gasteiger partial charge in [-0.1, -0.05) is 30.3 Å². The standard InChI is InChI=1S/C19H18N6O3/c26-17(12-24-19(28)25(23-22-24)14-6-2-1-3-7-14)21-16-9-5-4-8-15(16)18(27)20-13-10-11-13/h1-9,13H,10-12H2,(H,20,27)(H,21,26). The lowest BCUT2D eigenvalue weighted by Gasteiger charge is -2.10. The summed E-state index contributed by atoms with van der Waals surface area (Å²) in [5.41, 5.74) is 0.791. The quantitative estimate of drug-likeness (QED) is 0.664. The van der Waals surface area contributed by atoms with Crippen LogP contribution < -0.4 is 16.3 Å². The summed E-state index contributed by atoms with van der Waals surface area (Å²) in [6.07, 6.45) is 1.94. The zero-order chi connectivity index (χ0) is 19.5. The molecule has 0 atom stereocenters. The van der Waals surface area contributed by atoms with Crippen molar-refractivity contribution < 1.29 is 9.59 Å². The molecular formula is C19H18N6O3. The average molecular weight is 378 g/mol. The number of carbonyl (C=O) groups excluding carboxylic acids is 2. The number of carbonyl (C=O) groups is 2. The van der Waals surface area contributed by atoms with Gasteiger partial charge in [-0.25, -0.2) is 4.79 Å². The first-order valence-electron chi connectivity index (χ1n) is 8.90. The van der Waals surface area contributed by atoms with E-state index < -0.39 is 11.6 Å². The molecule has 28 heavy (non-hydrogen) atoms. The van der Waals surface area contributed by atoms with Crippen LogP contribution in [0.3, 0.4) is 0 Å². The van der Waals surface area contributed by atoms with E-state index in [1.54, 1.807) is 48.5 Å². The Bertz CT molecular complexity index is 1070. The highest BCUT2D eigenvalue weighted by molar-refractivity contribution is 6.03. The highest BCUT2D eigenvalue weighted by Crippen LogP contribution is 2.21. The van der Waals surface area contributed by atoms with E-state index in [2.05, 4.69) is 21.1 Å².